The lowest BCUT2D eigenvalue weighted by molar-refractivity contribution is -0.126. The van der Waals surface area contributed by atoms with Gasteiger partial charge >= 0.3 is 0 Å². The first-order valence-electron chi connectivity index (χ1n) is 10.1. The summed E-state index contributed by atoms with van der Waals surface area (Å²) in [5, 5.41) is 10.3. The van der Waals surface area contributed by atoms with Crippen molar-refractivity contribution < 1.29 is 19.1 Å². The van der Waals surface area contributed by atoms with Crippen molar-refractivity contribution in [1.29, 1.82) is 0 Å². The molecule has 1 aromatic heterocycles. The first-order valence-corrected chi connectivity index (χ1v) is 10.1. The van der Waals surface area contributed by atoms with Gasteiger partial charge in [0.1, 0.15) is 6.61 Å². The van der Waals surface area contributed by atoms with Crippen LogP contribution in [0.4, 0.5) is 0 Å². The molecule has 0 atom stereocenters. The van der Waals surface area contributed by atoms with Crippen molar-refractivity contribution >= 4 is 11.8 Å². The molecular weight excluding hydrogens is 372 g/mol. The van der Waals surface area contributed by atoms with Gasteiger partial charge in [-0.05, 0) is 18.4 Å². The van der Waals surface area contributed by atoms with Gasteiger partial charge in [-0.25, -0.2) is 0 Å². The van der Waals surface area contributed by atoms with Crippen LogP contribution in [0.2, 0.25) is 0 Å². The molecular formula is C21H26N4O4. The van der Waals surface area contributed by atoms with E-state index in [1.54, 1.807) is 0 Å². The van der Waals surface area contributed by atoms with Crippen molar-refractivity contribution in [2.75, 3.05) is 19.8 Å². The fourth-order valence-corrected chi connectivity index (χ4v) is 3.35. The second-order valence-electron chi connectivity index (χ2n) is 7.38. The van der Waals surface area contributed by atoms with E-state index in [1.807, 2.05) is 35.0 Å². The van der Waals surface area contributed by atoms with Gasteiger partial charge in [-0.1, -0.05) is 30.3 Å². The topological polar surface area (TPSA) is 94.5 Å². The van der Waals surface area contributed by atoms with E-state index in [0.29, 0.717) is 45.0 Å². The van der Waals surface area contributed by atoms with Crippen LogP contribution in [0.5, 0.6) is 0 Å². The zero-order valence-corrected chi connectivity index (χ0v) is 16.4. The number of ether oxygens (including phenoxy) is 2. The Bertz CT molecular complexity index is 861. The van der Waals surface area contributed by atoms with Gasteiger partial charge in [-0.3, -0.25) is 14.3 Å². The minimum atomic E-state index is -0.169. The van der Waals surface area contributed by atoms with E-state index < -0.39 is 0 Å². The number of benzene rings is 1. The Morgan fingerprint density at radius 1 is 1.24 bits per heavy atom. The molecule has 2 aliphatic rings. The summed E-state index contributed by atoms with van der Waals surface area (Å²) in [4.78, 5) is 24.5. The molecule has 2 N–H and O–H groups in total. The molecule has 154 valence electrons. The zero-order valence-electron chi connectivity index (χ0n) is 16.4. The summed E-state index contributed by atoms with van der Waals surface area (Å²) in [6.45, 7) is 2.36. The molecule has 1 aliphatic carbocycles. The molecule has 1 aromatic carbocycles. The fourth-order valence-electron chi connectivity index (χ4n) is 3.35. The van der Waals surface area contributed by atoms with Gasteiger partial charge < -0.3 is 20.1 Å². The molecule has 4 rings (SSSR count). The predicted octanol–water partition coefficient (Wildman–Crippen LogP) is 1.18. The maximum atomic E-state index is 12.5. The van der Waals surface area contributed by atoms with E-state index >= 15 is 0 Å². The second-order valence-corrected chi connectivity index (χ2v) is 7.38. The SMILES string of the molecule is O=C(COCc1ccccc1)NCCn1nc(C(=O)NC2CC2)c2c1CCOC2. The number of aromatic nitrogens is 2. The maximum Gasteiger partial charge on any atom is 0.272 e. The van der Waals surface area contributed by atoms with Gasteiger partial charge in [0.2, 0.25) is 5.91 Å². The number of rotatable bonds is 9. The Balaban J connectivity index is 1.27. The molecule has 0 radical (unpaired) electrons. The molecule has 2 heterocycles. The first kappa shape index (κ1) is 19.6. The molecule has 1 saturated carbocycles. The number of hydrogen-bond acceptors (Lipinski definition) is 5. The van der Waals surface area contributed by atoms with Crippen LogP contribution in [0.15, 0.2) is 30.3 Å². The molecule has 2 aromatic rings. The van der Waals surface area contributed by atoms with Crippen molar-refractivity contribution in [3.05, 3.63) is 52.8 Å². The van der Waals surface area contributed by atoms with E-state index in [4.69, 9.17) is 9.47 Å². The highest BCUT2D eigenvalue weighted by molar-refractivity contribution is 5.94. The summed E-state index contributed by atoms with van der Waals surface area (Å²) >= 11 is 0. The van der Waals surface area contributed by atoms with Crippen molar-refractivity contribution in [1.82, 2.24) is 20.4 Å². The molecule has 8 nitrogen and oxygen atoms in total. The Morgan fingerprint density at radius 3 is 2.86 bits per heavy atom. The molecule has 0 spiro atoms. The quantitative estimate of drug-likeness (QED) is 0.662. The lowest BCUT2D eigenvalue weighted by Crippen LogP contribution is -2.31. The number of hydrogen-bond donors (Lipinski definition) is 2. The lowest BCUT2D eigenvalue weighted by atomic mass is 10.1. The van der Waals surface area contributed by atoms with Crippen LogP contribution in [0.1, 0.15) is 40.2 Å². The normalized spacial score (nSPS) is 15.6. The zero-order chi connectivity index (χ0) is 20.1. The first-order chi connectivity index (χ1) is 14.2. The van der Waals surface area contributed by atoms with Crippen LogP contribution < -0.4 is 10.6 Å². The average molecular weight is 398 g/mol. The number of fused-ring (bicyclic) bond motifs is 1. The van der Waals surface area contributed by atoms with Crippen molar-refractivity contribution in [3.63, 3.8) is 0 Å². The number of amides is 2. The summed E-state index contributed by atoms with van der Waals surface area (Å²) in [5.41, 5.74) is 3.37. The van der Waals surface area contributed by atoms with Crippen LogP contribution in [0.25, 0.3) is 0 Å². The Kier molecular flexibility index (Phi) is 6.21. The summed E-state index contributed by atoms with van der Waals surface area (Å²) in [6, 6.07) is 10.0. The monoisotopic (exact) mass is 398 g/mol. The van der Waals surface area contributed by atoms with Crippen LogP contribution in [-0.4, -0.2) is 47.4 Å². The Morgan fingerprint density at radius 2 is 2.07 bits per heavy atom. The third-order valence-corrected chi connectivity index (χ3v) is 5.01. The molecule has 0 saturated heterocycles. The summed E-state index contributed by atoms with van der Waals surface area (Å²) in [5.74, 6) is -0.302. The molecule has 2 amide bonds. The fraction of sp³-hybridized carbons (Fsp3) is 0.476. The van der Waals surface area contributed by atoms with Gasteiger partial charge in [-0.2, -0.15) is 5.10 Å². The van der Waals surface area contributed by atoms with Crippen LogP contribution in [-0.2, 0) is 40.4 Å². The van der Waals surface area contributed by atoms with Crippen molar-refractivity contribution in [3.8, 4) is 0 Å². The molecule has 8 heteroatoms. The van der Waals surface area contributed by atoms with Crippen molar-refractivity contribution in [2.45, 2.75) is 45.1 Å². The van der Waals surface area contributed by atoms with Crippen molar-refractivity contribution in [2.24, 2.45) is 0 Å². The summed E-state index contributed by atoms with van der Waals surface area (Å²) in [6.07, 6.45) is 2.78. The standard InChI is InChI=1S/C21H26N4O4/c26-19(14-29-12-15-4-2-1-3-5-15)22-9-10-25-18-8-11-28-13-17(18)20(24-25)21(27)23-16-6-7-16/h1-5,16H,6-14H2,(H,22,26)(H,23,27). The highest BCUT2D eigenvalue weighted by Gasteiger charge is 2.29. The third-order valence-electron chi connectivity index (χ3n) is 5.01. The number of nitrogens with zero attached hydrogens (tertiary/aromatic N) is 2. The Hall–Kier alpha value is -2.71. The largest absolute Gasteiger partial charge is 0.376 e. The van der Waals surface area contributed by atoms with Gasteiger partial charge in [0.05, 0.1) is 26.4 Å². The van der Waals surface area contributed by atoms with E-state index in [2.05, 4.69) is 15.7 Å². The van der Waals surface area contributed by atoms with E-state index in [-0.39, 0.29) is 24.5 Å². The lowest BCUT2D eigenvalue weighted by Gasteiger charge is -2.15. The predicted molar refractivity (Wildman–Crippen MR) is 105 cm³/mol. The molecule has 1 fully saturated rings. The molecule has 29 heavy (non-hydrogen) atoms. The maximum absolute atomic E-state index is 12.5. The van der Waals surface area contributed by atoms with Gasteiger partial charge in [-0.15, -0.1) is 0 Å². The van der Waals surface area contributed by atoms with E-state index in [9.17, 15) is 9.59 Å². The van der Waals surface area contributed by atoms with Gasteiger partial charge in [0.15, 0.2) is 5.69 Å². The third kappa shape index (κ3) is 5.21. The highest BCUT2D eigenvalue weighted by Crippen LogP contribution is 2.23. The molecule has 1 aliphatic heterocycles. The average Bonchev–Trinajstić information content (AvgIpc) is 3.48. The minimum absolute atomic E-state index is 0.00892. The van der Waals surface area contributed by atoms with Crippen LogP contribution in [0, 0.1) is 0 Å². The number of nitrogens with one attached hydrogen (secondary N) is 2. The van der Waals surface area contributed by atoms with Crippen LogP contribution >= 0.6 is 0 Å². The van der Waals surface area contributed by atoms with Crippen LogP contribution in [0.3, 0.4) is 0 Å². The number of carbonyl (C=O) groups is 2. The minimum Gasteiger partial charge on any atom is -0.376 e. The highest BCUT2D eigenvalue weighted by atomic mass is 16.5. The summed E-state index contributed by atoms with van der Waals surface area (Å²) in [7, 11) is 0. The van der Waals surface area contributed by atoms with Gasteiger partial charge in [0.25, 0.3) is 5.91 Å². The molecule has 0 unspecified atom stereocenters. The van der Waals surface area contributed by atoms with E-state index in [1.165, 1.54) is 0 Å². The Labute approximate surface area is 169 Å². The summed E-state index contributed by atoms with van der Waals surface area (Å²) < 4.78 is 12.8. The smallest absolute Gasteiger partial charge is 0.272 e. The molecule has 0 bridgehead atoms. The number of carbonyl (C=O) groups excluding carboxylic acids is 2. The van der Waals surface area contributed by atoms with Gasteiger partial charge in [0, 0.05) is 30.3 Å². The second kappa shape index (κ2) is 9.19. The van der Waals surface area contributed by atoms with E-state index in [0.717, 1.165) is 29.7 Å².